The van der Waals surface area contributed by atoms with Crippen LogP contribution in [-0.4, -0.2) is 43.6 Å². The van der Waals surface area contributed by atoms with Crippen LogP contribution in [0.3, 0.4) is 0 Å². The fraction of sp³-hybridized carbons (Fsp3) is 0. The molecule has 0 saturated carbocycles. The fourth-order valence-corrected chi connectivity index (χ4v) is 0. The van der Waals surface area contributed by atoms with Crippen LogP contribution in [0, 0.1) is 0 Å². The van der Waals surface area contributed by atoms with Gasteiger partial charge in [0.1, 0.15) is 0 Å². The van der Waals surface area contributed by atoms with Gasteiger partial charge in [-0.3, -0.25) is 5.26 Å². The molecule has 0 aliphatic rings. The Bertz CT molecular complexity index is 9.51. The molecule has 0 saturated heterocycles. The van der Waals surface area contributed by atoms with Crippen LogP contribution in [0.1, 0.15) is 0 Å². The Hall–Kier alpha value is 0.745. The summed E-state index contributed by atoms with van der Waals surface area (Å²) in [6.07, 6.45) is 0. The van der Waals surface area contributed by atoms with Gasteiger partial charge in [0.05, 0.1) is 0 Å². The average Bonchev–Trinajstić information content (AvgIpc) is 1.46. The van der Waals surface area contributed by atoms with E-state index in [1.165, 1.54) is 16.2 Å². The SMILES string of the molecule is O.O[O][Al].[O]=[Al]. The Kier molecular flexibility index (Phi) is 112. The molecule has 0 aliphatic carbocycles. The van der Waals surface area contributed by atoms with E-state index in [4.69, 9.17) is 9.06 Å². The summed E-state index contributed by atoms with van der Waals surface area (Å²) in [6, 6.07) is 0. The van der Waals surface area contributed by atoms with Gasteiger partial charge in [0.2, 0.25) is 0 Å². The molecule has 0 unspecified atom stereocenters. The first-order valence-electron chi connectivity index (χ1n) is 0.654. The average molecular weight is 121 g/mol. The van der Waals surface area contributed by atoms with E-state index < -0.39 is 0 Å². The Morgan fingerprint density at radius 3 is 1.50 bits per heavy atom. The second kappa shape index (κ2) is 42.5. The van der Waals surface area contributed by atoms with E-state index in [2.05, 4.69) is 3.94 Å². The Labute approximate surface area is 51.7 Å². The second-order valence-electron chi connectivity index (χ2n) is 0.105. The quantitative estimate of drug-likeness (QED) is 0.234. The first-order valence-corrected chi connectivity index (χ1v) is 1.60. The summed E-state index contributed by atoms with van der Waals surface area (Å²) >= 11 is 2.80. The van der Waals surface area contributed by atoms with Crippen LogP contribution < -0.4 is 0 Å². The van der Waals surface area contributed by atoms with Crippen LogP contribution in [-0.2, 0) is 7.74 Å². The Morgan fingerprint density at radius 1 is 1.50 bits per heavy atom. The summed E-state index contributed by atoms with van der Waals surface area (Å²) in [6.45, 7) is 0. The van der Waals surface area contributed by atoms with Crippen molar-refractivity contribution < 1.29 is 18.5 Å². The number of hydrogen-bond acceptors (Lipinski definition) is 3. The van der Waals surface area contributed by atoms with Crippen LogP contribution in [0.2, 0.25) is 0 Å². The summed E-state index contributed by atoms with van der Waals surface area (Å²) in [5.41, 5.74) is 0. The van der Waals surface area contributed by atoms with E-state index in [0.717, 1.165) is 0 Å². The molecule has 0 heterocycles. The van der Waals surface area contributed by atoms with Crippen molar-refractivity contribution in [1.82, 2.24) is 0 Å². The van der Waals surface area contributed by atoms with Crippen molar-refractivity contribution >= 4 is 32.8 Å². The van der Waals surface area contributed by atoms with Crippen molar-refractivity contribution in [3.8, 4) is 0 Å². The molecule has 0 spiro atoms. The predicted octanol–water partition coefficient (Wildman–Crippen LogP) is -1.76. The van der Waals surface area contributed by atoms with E-state index in [1.54, 1.807) is 16.6 Å². The van der Waals surface area contributed by atoms with Gasteiger partial charge < -0.3 is 9.42 Å². The van der Waals surface area contributed by atoms with Crippen molar-refractivity contribution in [1.29, 1.82) is 0 Å². The maximum absolute atomic E-state index is 8.17. The summed E-state index contributed by atoms with van der Waals surface area (Å²) in [7, 11) is 0. The van der Waals surface area contributed by atoms with Gasteiger partial charge in [0, 0.05) is 0 Å². The molecule has 6 heavy (non-hydrogen) atoms. The van der Waals surface area contributed by atoms with Crippen LogP contribution in [0.4, 0.5) is 0 Å². The summed E-state index contributed by atoms with van der Waals surface area (Å²) in [4.78, 5) is 0. The third-order valence-electron chi connectivity index (χ3n) is 0. The van der Waals surface area contributed by atoms with Crippen LogP contribution in [0.15, 0.2) is 0 Å². The topological polar surface area (TPSA) is 78.0 Å². The van der Waals surface area contributed by atoms with Crippen molar-refractivity contribution in [2.75, 3.05) is 0 Å². The zero-order valence-corrected chi connectivity index (χ0v) is 5.23. The monoisotopic (exact) mass is 121 g/mol. The molecule has 3 N–H and O–H groups in total. The van der Waals surface area contributed by atoms with Gasteiger partial charge in [-0.05, 0) is 0 Å². The molecule has 33 valence electrons. The molecule has 0 aromatic carbocycles. The summed E-state index contributed by atoms with van der Waals surface area (Å²) < 4.78 is 11.3. The van der Waals surface area contributed by atoms with Gasteiger partial charge in [0.15, 0.2) is 0 Å². The summed E-state index contributed by atoms with van der Waals surface area (Å²) in [5, 5.41) is 7.03. The standard InChI is InChI=1S/2Al.H2O2.H2O.O/c;;1-2;;/h;;1-2H;1H2;/q;+1;;;/p-1. The van der Waals surface area contributed by atoms with E-state index in [-0.39, 0.29) is 5.48 Å². The van der Waals surface area contributed by atoms with E-state index in [9.17, 15) is 0 Å². The van der Waals surface area contributed by atoms with Crippen LogP contribution in [0.25, 0.3) is 0 Å². The zero-order valence-electron chi connectivity index (χ0n) is 2.92. The molecule has 0 bridgehead atoms. The summed E-state index contributed by atoms with van der Waals surface area (Å²) in [5.74, 6) is 0. The van der Waals surface area contributed by atoms with E-state index in [1.807, 2.05) is 0 Å². The molecule has 4 nitrogen and oxygen atoms in total. The van der Waals surface area contributed by atoms with E-state index >= 15 is 0 Å². The molecule has 0 aliphatic heterocycles. The van der Waals surface area contributed by atoms with Crippen LogP contribution in [0.5, 0.6) is 0 Å². The van der Waals surface area contributed by atoms with Gasteiger partial charge in [-0.25, -0.2) is 0 Å². The maximum atomic E-state index is 8.17. The number of hydrogen-bond donors (Lipinski definition) is 1. The Morgan fingerprint density at radius 2 is 1.50 bits per heavy atom. The molecule has 0 aromatic heterocycles. The molecule has 0 atom stereocenters. The van der Waals surface area contributed by atoms with Gasteiger partial charge >= 0.3 is 36.7 Å². The molecule has 6 heteroatoms. The molecule has 0 aromatic rings. The normalized spacial score (nSPS) is 3.33. The molecule has 0 rings (SSSR count). The predicted molar refractivity (Wildman–Crippen MR) is 19.5 cm³/mol. The van der Waals surface area contributed by atoms with Gasteiger partial charge in [-0.2, -0.15) is 0 Å². The minimum atomic E-state index is 0. The third-order valence-corrected chi connectivity index (χ3v) is 0. The Balaban J connectivity index is -0.0000000275. The van der Waals surface area contributed by atoms with Crippen LogP contribution >= 0.6 is 0 Å². The van der Waals surface area contributed by atoms with Crippen molar-refractivity contribution in [2.24, 2.45) is 0 Å². The minimum absolute atomic E-state index is 0. The molecular formula is H3Al2O4. The first kappa shape index (κ1) is 15.9. The molecular weight excluding hydrogens is 118 g/mol. The van der Waals surface area contributed by atoms with Crippen molar-refractivity contribution in [3.05, 3.63) is 0 Å². The molecule has 0 amide bonds. The van der Waals surface area contributed by atoms with Gasteiger partial charge in [-0.1, -0.05) is 0 Å². The second-order valence-corrected chi connectivity index (χ2v) is 0.316. The van der Waals surface area contributed by atoms with Gasteiger partial charge in [0.25, 0.3) is 0 Å². The number of rotatable bonds is 0. The third kappa shape index (κ3) is 120. The molecule has 0 fully saturated rings. The van der Waals surface area contributed by atoms with E-state index in [0.29, 0.717) is 0 Å². The first-order chi connectivity index (χ1) is 2.41. The molecule has 3 radical (unpaired) electrons. The zero-order chi connectivity index (χ0) is 4.71. The fourth-order valence-electron chi connectivity index (χ4n) is 0. The van der Waals surface area contributed by atoms with Crippen molar-refractivity contribution in [2.45, 2.75) is 0 Å². The van der Waals surface area contributed by atoms with Gasteiger partial charge in [-0.15, -0.1) is 0 Å². The van der Waals surface area contributed by atoms with Crippen molar-refractivity contribution in [3.63, 3.8) is 0 Å².